The zero-order valence-electron chi connectivity index (χ0n) is 18.6. The summed E-state index contributed by atoms with van der Waals surface area (Å²) in [5.41, 5.74) is 6.73. The van der Waals surface area contributed by atoms with Gasteiger partial charge in [-0.05, 0) is 41.5 Å². The van der Waals surface area contributed by atoms with Crippen LogP contribution in [0.3, 0.4) is 0 Å². The van der Waals surface area contributed by atoms with Gasteiger partial charge in [0.15, 0.2) is 11.5 Å². The Morgan fingerprint density at radius 3 is 2.82 bits per heavy atom. The van der Waals surface area contributed by atoms with Crippen molar-refractivity contribution in [2.75, 3.05) is 36.5 Å². The van der Waals surface area contributed by atoms with Crippen molar-refractivity contribution in [1.29, 1.82) is 0 Å². The van der Waals surface area contributed by atoms with Crippen LogP contribution in [-0.2, 0) is 22.4 Å². The predicted octanol–water partition coefficient (Wildman–Crippen LogP) is 3.01. The molecule has 4 aromatic rings. The highest BCUT2D eigenvalue weighted by Crippen LogP contribution is 2.29. The first-order chi connectivity index (χ1) is 16.7. The Balaban J connectivity index is 1.28. The van der Waals surface area contributed by atoms with Gasteiger partial charge in [-0.15, -0.1) is 0 Å². The average molecular weight is 456 g/mol. The number of anilines is 3. The summed E-state index contributed by atoms with van der Waals surface area (Å²) in [4.78, 5) is 23.4. The number of nitrogens with one attached hydrogen (secondary N) is 1. The van der Waals surface area contributed by atoms with Crippen LogP contribution in [0.4, 0.5) is 17.2 Å². The van der Waals surface area contributed by atoms with Crippen molar-refractivity contribution < 1.29 is 14.6 Å². The lowest BCUT2D eigenvalue weighted by Crippen LogP contribution is -2.44. The van der Waals surface area contributed by atoms with Gasteiger partial charge in [0.2, 0.25) is 0 Å². The second kappa shape index (κ2) is 8.55. The molecule has 34 heavy (non-hydrogen) atoms. The summed E-state index contributed by atoms with van der Waals surface area (Å²) in [7, 11) is 0. The molecule has 6 rings (SSSR count). The Morgan fingerprint density at radius 1 is 1.12 bits per heavy atom. The van der Waals surface area contributed by atoms with Crippen LogP contribution in [-0.4, -0.2) is 57.7 Å². The van der Waals surface area contributed by atoms with Crippen LogP contribution in [0.15, 0.2) is 61.1 Å². The number of ether oxygens (including phenoxy) is 1. The smallest absolute Gasteiger partial charge is 0.180 e. The van der Waals surface area contributed by atoms with Crippen LogP contribution in [0.1, 0.15) is 11.1 Å². The largest absolute Gasteiger partial charge is 0.394 e. The van der Waals surface area contributed by atoms with Crippen molar-refractivity contribution in [2.24, 2.45) is 0 Å². The summed E-state index contributed by atoms with van der Waals surface area (Å²) in [6.45, 7) is 2.11. The van der Waals surface area contributed by atoms with Gasteiger partial charge in [-0.25, -0.2) is 9.97 Å². The molecule has 8 nitrogen and oxygen atoms in total. The monoisotopic (exact) mass is 455 g/mol. The Bertz CT molecular complexity index is 1360. The minimum Gasteiger partial charge on any atom is -0.394 e. The molecule has 0 unspecified atom stereocenters. The maximum absolute atomic E-state index is 11.8. The van der Waals surface area contributed by atoms with Gasteiger partial charge in [0.1, 0.15) is 5.78 Å². The summed E-state index contributed by atoms with van der Waals surface area (Å²) >= 11 is 0. The van der Waals surface area contributed by atoms with Crippen LogP contribution in [0, 0.1) is 0 Å². The molecule has 2 N–H and O–H groups in total. The number of morpholine rings is 1. The van der Waals surface area contributed by atoms with E-state index in [-0.39, 0.29) is 18.5 Å². The number of carbonyl (C=O) groups excluding carboxylic acids is 1. The number of ketones is 1. The molecule has 2 aromatic heterocycles. The van der Waals surface area contributed by atoms with Gasteiger partial charge < -0.3 is 24.5 Å². The number of benzene rings is 2. The van der Waals surface area contributed by atoms with E-state index in [2.05, 4.69) is 33.4 Å². The highest BCUT2D eigenvalue weighted by atomic mass is 16.5. The van der Waals surface area contributed by atoms with Crippen LogP contribution < -0.4 is 10.2 Å². The van der Waals surface area contributed by atoms with Crippen LogP contribution in [0.25, 0.3) is 16.9 Å². The van der Waals surface area contributed by atoms with Gasteiger partial charge in [0.05, 0.1) is 25.0 Å². The van der Waals surface area contributed by atoms with Crippen molar-refractivity contribution in [2.45, 2.75) is 18.9 Å². The minimum atomic E-state index is -0.149. The maximum Gasteiger partial charge on any atom is 0.180 e. The van der Waals surface area contributed by atoms with E-state index < -0.39 is 0 Å². The van der Waals surface area contributed by atoms with Gasteiger partial charge in [0, 0.05) is 61.5 Å². The number of aliphatic hydroxyl groups is 1. The first-order valence-corrected chi connectivity index (χ1v) is 11.5. The highest BCUT2D eigenvalue weighted by molar-refractivity contribution is 5.88. The van der Waals surface area contributed by atoms with Crippen LogP contribution >= 0.6 is 0 Å². The quantitative estimate of drug-likeness (QED) is 0.478. The van der Waals surface area contributed by atoms with Gasteiger partial charge in [0.25, 0.3) is 0 Å². The number of rotatable bonds is 5. The summed E-state index contributed by atoms with van der Waals surface area (Å²) in [5.74, 6) is 0.929. The van der Waals surface area contributed by atoms with Gasteiger partial charge in [-0.1, -0.05) is 12.1 Å². The number of aliphatic hydroxyl groups excluding tert-OH is 1. The van der Waals surface area contributed by atoms with E-state index in [4.69, 9.17) is 9.72 Å². The summed E-state index contributed by atoms with van der Waals surface area (Å²) in [6.07, 6.45) is 6.50. The fourth-order valence-corrected chi connectivity index (χ4v) is 4.72. The Morgan fingerprint density at radius 2 is 1.97 bits per heavy atom. The summed E-state index contributed by atoms with van der Waals surface area (Å²) in [6, 6.07) is 14.3. The van der Waals surface area contributed by atoms with E-state index in [9.17, 15) is 9.90 Å². The molecular weight excluding hydrogens is 430 g/mol. The third-order valence-electron chi connectivity index (χ3n) is 6.49. The third-order valence-corrected chi connectivity index (χ3v) is 6.49. The highest BCUT2D eigenvalue weighted by Gasteiger charge is 2.21. The molecule has 1 aliphatic carbocycles. The number of hydrogen-bond donors (Lipinski definition) is 2. The molecule has 2 aromatic carbocycles. The van der Waals surface area contributed by atoms with Crippen LogP contribution in [0.2, 0.25) is 0 Å². The molecule has 1 saturated heterocycles. The number of nitrogens with zero attached hydrogens (tertiary/aromatic N) is 4. The maximum atomic E-state index is 11.8. The molecule has 0 radical (unpaired) electrons. The van der Waals surface area contributed by atoms with Gasteiger partial charge in [-0.3, -0.25) is 4.79 Å². The van der Waals surface area contributed by atoms with Crippen molar-refractivity contribution in [3.63, 3.8) is 0 Å². The molecule has 0 spiro atoms. The third kappa shape index (κ3) is 3.91. The standard InChI is InChI=1S/C26H25N5O3/c32-16-23-14-30(9-10-34-23)21-5-3-20(4-6-21)28-25-26-27-7-8-31(26)15-24(29-25)18-2-1-17-12-22(33)13-19(17)11-18/h1-8,11,15,23,32H,9-10,12-14,16H2,(H,28,29)/t23-/m0/s1. The Hall–Kier alpha value is -3.75. The van der Waals surface area contributed by atoms with Gasteiger partial charge in [-0.2, -0.15) is 0 Å². The fraction of sp³-hybridized carbons (Fsp3) is 0.269. The average Bonchev–Trinajstić information content (AvgIpc) is 3.49. The number of hydrogen-bond acceptors (Lipinski definition) is 7. The second-order valence-electron chi connectivity index (χ2n) is 8.80. The van der Waals surface area contributed by atoms with E-state index in [0.717, 1.165) is 46.0 Å². The second-order valence-corrected chi connectivity index (χ2v) is 8.80. The first-order valence-electron chi connectivity index (χ1n) is 11.5. The van der Waals surface area contributed by atoms with E-state index in [1.165, 1.54) is 0 Å². The molecule has 0 saturated carbocycles. The Kier molecular flexibility index (Phi) is 5.24. The van der Waals surface area contributed by atoms with E-state index >= 15 is 0 Å². The summed E-state index contributed by atoms with van der Waals surface area (Å²) < 4.78 is 7.51. The molecular formula is C26H25N5O3. The van der Waals surface area contributed by atoms with Crippen molar-refractivity contribution in [3.8, 4) is 11.3 Å². The zero-order chi connectivity index (χ0) is 23.1. The molecule has 2 aliphatic rings. The van der Waals surface area contributed by atoms with E-state index in [1.54, 1.807) is 6.20 Å². The lowest BCUT2D eigenvalue weighted by Gasteiger charge is -2.33. The topological polar surface area (TPSA) is 92.0 Å². The lowest BCUT2D eigenvalue weighted by molar-refractivity contribution is -0.117. The minimum absolute atomic E-state index is 0.0268. The van der Waals surface area contributed by atoms with E-state index in [0.29, 0.717) is 31.8 Å². The molecule has 172 valence electrons. The predicted molar refractivity (Wildman–Crippen MR) is 130 cm³/mol. The number of carbonyl (C=O) groups is 1. The summed E-state index contributed by atoms with van der Waals surface area (Å²) in [5, 5.41) is 12.8. The molecule has 1 fully saturated rings. The van der Waals surface area contributed by atoms with Gasteiger partial charge >= 0.3 is 0 Å². The zero-order valence-corrected chi connectivity index (χ0v) is 18.6. The number of fused-ring (bicyclic) bond motifs is 2. The molecule has 0 bridgehead atoms. The Labute approximate surface area is 196 Å². The normalized spacial score (nSPS) is 17.9. The SMILES string of the molecule is O=C1Cc2ccc(-c3cn4ccnc4c(Nc4ccc(N5CCO[C@H](CO)C5)cc4)n3)cc2C1. The molecule has 8 heteroatoms. The number of Topliss-reactive ketones (excluding diaryl/α,β-unsaturated/α-hetero) is 1. The van der Waals surface area contributed by atoms with Crippen LogP contribution in [0.5, 0.6) is 0 Å². The molecule has 1 aliphatic heterocycles. The van der Waals surface area contributed by atoms with Crippen molar-refractivity contribution >= 4 is 28.6 Å². The molecule has 3 heterocycles. The number of imidazole rings is 1. The molecule has 1 atom stereocenters. The van der Waals surface area contributed by atoms with Crippen molar-refractivity contribution in [1.82, 2.24) is 14.4 Å². The fourth-order valence-electron chi connectivity index (χ4n) is 4.72. The molecule has 0 amide bonds. The van der Waals surface area contributed by atoms with E-state index in [1.807, 2.05) is 41.1 Å². The number of aromatic nitrogens is 3. The first kappa shape index (κ1) is 20.8. The lowest BCUT2D eigenvalue weighted by atomic mass is 10.0. The van der Waals surface area contributed by atoms with Crippen molar-refractivity contribution in [3.05, 3.63) is 72.2 Å².